The molecule has 0 bridgehead atoms. The summed E-state index contributed by atoms with van der Waals surface area (Å²) in [7, 11) is 1.73. The zero-order chi connectivity index (χ0) is 22.4. The van der Waals surface area contributed by atoms with E-state index >= 15 is 0 Å². The zero-order valence-electron chi connectivity index (χ0n) is 19.1. The SMILES string of the molecule is Cc1cccc(N2CCC[N+]3=C2N=C2C3C(=O)N(CCN3CCOCC3)C(=O)N2C)c1C. The fraction of sp³-hybridized carbons (Fsp3) is 0.565. The van der Waals surface area contributed by atoms with Crippen LogP contribution in [-0.2, 0) is 9.53 Å². The van der Waals surface area contributed by atoms with E-state index in [9.17, 15) is 9.59 Å². The molecule has 0 spiro atoms. The summed E-state index contributed by atoms with van der Waals surface area (Å²) in [4.78, 5) is 38.8. The Labute approximate surface area is 188 Å². The van der Waals surface area contributed by atoms with Crippen molar-refractivity contribution in [1.29, 1.82) is 0 Å². The molecular weight excluding hydrogens is 408 g/mol. The summed E-state index contributed by atoms with van der Waals surface area (Å²) in [6.45, 7) is 9.92. The average molecular weight is 440 g/mol. The Hall–Kier alpha value is -2.78. The molecule has 9 heteroatoms. The Morgan fingerprint density at radius 2 is 1.91 bits per heavy atom. The monoisotopic (exact) mass is 439 g/mol. The van der Waals surface area contributed by atoms with Crippen molar-refractivity contribution in [3.63, 3.8) is 0 Å². The summed E-state index contributed by atoms with van der Waals surface area (Å²) in [6.07, 6.45) is 0.925. The molecule has 1 atom stereocenters. The van der Waals surface area contributed by atoms with Crippen LogP contribution in [0.3, 0.4) is 0 Å². The van der Waals surface area contributed by atoms with Crippen molar-refractivity contribution in [1.82, 2.24) is 14.7 Å². The Balaban J connectivity index is 1.44. The van der Waals surface area contributed by atoms with Crippen LogP contribution in [0, 0.1) is 13.8 Å². The van der Waals surface area contributed by atoms with Gasteiger partial charge in [0, 0.05) is 39.6 Å². The number of urea groups is 1. The third-order valence-electron chi connectivity index (χ3n) is 7.02. The van der Waals surface area contributed by atoms with Crippen molar-refractivity contribution in [3.05, 3.63) is 29.3 Å². The van der Waals surface area contributed by atoms with Gasteiger partial charge in [-0.2, -0.15) is 0 Å². The lowest BCUT2D eigenvalue weighted by Gasteiger charge is -2.36. The molecule has 5 rings (SSSR count). The van der Waals surface area contributed by atoms with Gasteiger partial charge in [0.1, 0.15) is 5.69 Å². The first-order chi connectivity index (χ1) is 15.5. The van der Waals surface area contributed by atoms with Crippen LogP contribution in [0.4, 0.5) is 10.5 Å². The summed E-state index contributed by atoms with van der Waals surface area (Å²) < 4.78 is 7.48. The second-order valence-electron chi connectivity index (χ2n) is 8.88. The third kappa shape index (κ3) is 3.40. The maximum absolute atomic E-state index is 13.5. The number of fused-ring (bicyclic) bond motifs is 2. The molecule has 32 heavy (non-hydrogen) atoms. The number of carbonyl (C=O) groups excluding carboxylic acids is 2. The number of likely N-dealkylation sites (N-methyl/N-ethyl adjacent to an activating group) is 1. The zero-order valence-corrected chi connectivity index (χ0v) is 19.1. The van der Waals surface area contributed by atoms with Crippen LogP contribution in [0.5, 0.6) is 0 Å². The van der Waals surface area contributed by atoms with Crippen LogP contribution in [-0.4, -0.2) is 109 Å². The molecule has 0 saturated carbocycles. The van der Waals surface area contributed by atoms with Crippen LogP contribution in [0.25, 0.3) is 0 Å². The first kappa shape index (κ1) is 21.1. The fourth-order valence-electron chi connectivity index (χ4n) is 4.98. The molecule has 170 valence electrons. The lowest BCUT2D eigenvalue weighted by molar-refractivity contribution is -0.539. The quantitative estimate of drug-likeness (QED) is 0.652. The first-order valence-corrected chi connectivity index (χ1v) is 11.4. The predicted octanol–water partition coefficient (Wildman–Crippen LogP) is 0.889. The van der Waals surface area contributed by atoms with E-state index in [1.807, 2.05) is 0 Å². The van der Waals surface area contributed by atoms with E-state index in [1.165, 1.54) is 16.0 Å². The Morgan fingerprint density at radius 3 is 2.69 bits per heavy atom. The highest BCUT2D eigenvalue weighted by Gasteiger charge is 2.54. The second-order valence-corrected chi connectivity index (χ2v) is 8.88. The van der Waals surface area contributed by atoms with Gasteiger partial charge in [-0.25, -0.2) is 14.3 Å². The number of aryl methyl sites for hydroxylation is 1. The number of aliphatic imine (C=N–C) groups is 1. The predicted molar refractivity (Wildman–Crippen MR) is 121 cm³/mol. The summed E-state index contributed by atoms with van der Waals surface area (Å²) >= 11 is 0. The van der Waals surface area contributed by atoms with Crippen molar-refractivity contribution < 1.29 is 18.9 Å². The molecule has 1 unspecified atom stereocenters. The molecule has 4 aliphatic heterocycles. The number of ether oxygens (including phenoxy) is 1. The molecule has 3 amide bonds. The van der Waals surface area contributed by atoms with Crippen LogP contribution in [0.1, 0.15) is 17.5 Å². The van der Waals surface area contributed by atoms with Crippen molar-refractivity contribution in [2.75, 3.05) is 64.4 Å². The largest absolute Gasteiger partial charge is 0.397 e. The van der Waals surface area contributed by atoms with Gasteiger partial charge in [-0.3, -0.25) is 19.5 Å². The summed E-state index contributed by atoms with van der Waals surface area (Å²) in [5, 5.41) is 0. The van der Waals surface area contributed by atoms with Gasteiger partial charge in [0.15, 0.2) is 0 Å². The minimum Gasteiger partial charge on any atom is -0.379 e. The van der Waals surface area contributed by atoms with Crippen molar-refractivity contribution in [3.8, 4) is 0 Å². The van der Waals surface area contributed by atoms with E-state index in [-0.39, 0.29) is 11.9 Å². The molecule has 0 radical (unpaired) electrons. The number of morpholine rings is 1. The van der Waals surface area contributed by atoms with Crippen molar-refractivity contribution in [2.45, 2.75) is 26.3 Å². The lowest BCUT2D eigenvalue weighted by atomic mass is 10.1. The molecule has 0 aliphatic carbocycles. The summed E-state index contributed by atoms with van der Waals surface area (Å²) in [5.41, 5.74) is 3.54. The molecule has 2 saturated heterocycles. The Morgan fingerprint density at radius 1 is 1.12 bits per heavy atom. The highest BCUT2D eigenvalue weighted by molar-refractivity contribution is 6.24. The van der Waals surface area contributed by atoms with Gasteiger partial charge in [0.25, 0.3) is 5.91 Å². The number of imide groups is 1. The van der Waals surface area contributed by atoms with E-state index in [0.29, 0.717) is 32.1 Å². The molecule has 9 nitrogen and oxygen atoms in total. The standard InChI is InChI=1S/C23H31N6O3/c1-16-6-4-7-18(17(16)2)27-8-5-9-28-19-20(24-22(27)28)25(3)23(31)29(21(19)30)11-10-26-12-14-32-15-13-26/h4,6-7,19H,5,8-15H2,1-3H3/q+1. The van der Waals surface area contributed by atoms with E-state index in [0.717, 1.165) is 44.2 Å². The summed E-state index contributed by atoms with van der Waals surface area (Å²) in [5.74, 6) is 1.14. The molecule has 4 heterocycles. The third-order valence-corrected chi connectivity index (χ3v) is 7.02. The normalized spacial score (nSPS) is 24.2. The number of nitrogens with zero attached hydrogens (tertiary/aromatic N) is 6. The number of carbonyl (C=O) groups is 2. The Kier molecular flexibility index (Phi) is 5.46. The minimum absolute atomic E-state index is 0.169. The van der Waals surface area contributed by atoms with E-state index in [1.54, 1.807) is 11.9 Å². The molecule has 0 N–H and O–H groups in total. The van der Waals surface area contributed by atoms with E-state index in [2.05, 4.69) is 46.4 Å². The molecule has 1 aromatic rings. The second kappa shape index (κ2) is 8.29. The molecule has 2 fully saturated rings. The number of hydrogen-bond donors (Lipinski definition) is 0. The maximum Gasteiger partial charge on any atom is 0.397 e. The number of benzene rings is 1. The molecule has 0 aromatic heterocycles. The van der Waals surface area contributed by atoms with Gasteiger partial charge in [0.05, 0.1) is 26.3 Å². The average Bonchev–Trinajstić information content (AvgIpc) is 3.20. The molecule has 1 aromatic carbocycles. The van der Waals surface area contributed by atoms with E-state index < -0.39 is 6.04 Å². The van der Waals surface area contributed by atoms with Crippen LogP contribution in [0.15, 0.2) is 23.2 Å². The van der Waals surface area contributed by atoms with Gasteiger partial charge in [-0.15, -0.1) is 0 Å². The minimum atomic E-state index is -0.537. The Bertz CT molecular complexity index is 1010. The van der Waals surface area contributed by atoms with Gasteiger partial charge in [-0.1, -0.05) is 17.1 Å². The first-order valence-electron chi connectivity index (χ1n) is 11.4. The fourth-order valence-corrected chi connectivity index (χ4v) is 4.98. The van der Waals surface area contributed by atoms with Gasteiger partial charge in [-0.05, 0) is 31.0 Å². The van der Waals surface area contributed by atoms with Crippen LogP contribution in [0.2, 0.25) is 0 Å². The van der Waals surface area contributed by atoms with Crippen LogP contribution >= 0.6 is 0 Å². The topological polar surface area (TPSA) is 71.7 Å². The summed E-state index contributed by atoms with van der Waals surface area (Å²) in [6, 6.07) is 5.43. The highest BCUT2D eigenvalue weighted by Crippen LogP contribution is 2.29. The van der Waals surface area contributed by atoms with Crippen molar-refractivity contribution in [2.24, 2.45) is 4.99 Å². The van der Waals surface area contributed by atoms with Crippen molar-refractivity contribution >= 4 is 29.4 Å². The van der Waals surface area contributed by atoms with Gasteiger partial charge < -0.3 is 4.74 Å². The number of amidine groups is 1. The smallest absolute Gasteiger partial charge is 0.379 e. The number of amides is 3. The van der Waals surface area contributed by atoms with Crippen LogP contribution < -0.4 is 4.90 Å². The highest BCUT2D eigenvalue weighted by atomic mass is 16.5. The molecular formula is C23H31N6O3+. The van der Waals surface area contributed by atoms with Gasteiger partial charge >= 0.3 is 12.0 Å². The maximum atomic E-state index is 13.5. The number of rotatable bonds is 4. The molecule has 4 aliphatic rings. The van der Waals surface area contributed by atoms with Gasteiger partial charge in [0.2, 0.25) is 11.9 Å². The number of anilines is 1. The van der Waals surface area contributed by atoms with E-state index in [4.69, 9.17) is 9.73 Å². The number of guanidine groups is 1. The lowest BCUT2D eigenvalue weighted by Crippen LogP contribution is -2.64. The number of hydrogen-bond acceptors (Lipinski definition) is 6.